The van der Waals surface area contributed by atoms with Crippen molar-refractivity contribution in [2.24, 2.45) is 5.10 Å². The summed E-state index contributed by atoms with van der Waals surface area (Å²) in [4.78, 5) is 23.6. The number of carbonyl (C=O) groups is 2. The van der Waals surface area contributed by atoms with Crippen molar-refractivity contribution in [1.82, 2.24) is 5.43 Å². The van der Waals surface area contributed by atoms with Gasteiger partial charge in [0.2, 0.25) is 0 Å². The number of amides is 1. The molecular weight excluding hydrogens is 399 g/mol. The van der Waals surface area contributed by atoms with E-state index in [9.17, 15) is 9.59 Å². The largest absolute Gasteiger partial charge is 0.466 e. The lowest BCUT2D eigenvalue weighted by Gasteiger charge is -2.06. The maximum Gasteiger partial charge on any atom is 0.305 e. The van der Waals surface area contributed by atoms with E-state index in [0.29, 0.717) is 29.3 Å². The predicted molar refractivity (Wildman–Crippen MR) is 112 cm³/mol. The van der Waals surface area contributed by atoms with Crippen LogP contribution >= 0.6 is 23.2 Å². The highest BCUT2D eigenvalue weighted by Crippen LogP contribution is 2.20. The Labute approximate surface area is 174 Å². The minimum Gasteiger partial charge on any atom is -0.466 e. The normalized spacial score (nSPS) is 11.2. The molecule has 28 heavy (non-hydrogen) atoms. The van der Waals surface area contributed by atoms with Crippen LogP contribution in [0.15, 0.2) is 47.6 Å². The van der Waals surface area contributed by atoms with E-state index < -0.39 is 5.91 Å². The second-order valence-corrected chi connectivity index (χ2v) is 6.96. The summed E-state index contributed by atoms with van der Waals surface area (Å²) in [6, 6.07) is 12.5. The van der Waals surface area contributed by atoms with Gasteiger partial charge < -0.3 is 4.74 Å². The van der Waals surface area contributed by atoms with Crippen molar-refractivity contribution in [2.75, 3.05) is 6.61 Å². The highest BCUT2D eigenvalue weighted by atomic mass is 35.5. The summed E-state index contributed by atoms with van der Waals surface area (Å²) in [6.45, 7) is 4.01. The summed E-state index contributed by atoms with van der Waals surface area (Å²) in [7, 11) is 0. The monoisotopic (exact) mass is 420 g/mol. The quantitative estimate of drug-likeness (QED) is 0.369. The molecule has 2 aromatic carbocycles. The van der Waals surface area contributed by atoms with Gasteiger partial charge in [-0.25, -0.2) is 5.43 Å². The van der Waals surface area contributed by atoms with E-state index >= 15 is 0 Å². The van der Waals surface area contributed by atoms with Crippen molar-refractivity contribution in [3.63, 3.8) is 0 Å². The second-order valence-electron chi connectivity index (χ2n) is 6.12. The molecule has 0 saturated heterocycles. The van der Waals surface area contributed by atoms with Crippen LogP contribution in [-0.4, -0.2) is 24.2 Å². The van der Waals surface area contributed by atoms with E-state index in [1.165, 1.54) is 6.07 Å². The topological polar surface area (TPSA) is 67.8 Å². The Balaban J connectivity index is 1.91. The van der Waals surface area contributed by atoms with Gasteiger partial charge in [0.15, 0.2) is 0 Å². The summed E-state index contributed by atoms with van der Waals surface area (Å²) in [5.41, 5.74) is 5.48. The summed E-state index contributed by atoms with van der Waals surface area (Å²) >= 11 is 11.9. The van der Waals surface area contributed by atoms with Crippen LogP contribution in [0.5, 0.6) is 0 Å². The number of ether oxygens (including phenoxy) is 1. The van der Waals surface area contributed by atoms with Gasteiger partial charge in [0.25, 0.3) is 5.91 Å². The second kappa shape index (κ2) is 10.8. The smallest absolute Gasteiger partial charge is 0.305 e. The van der Waals surface area contributed by atoms with Gasteiger partial charge in [-0.15, -0.1) is 0 Å². The van der Waals surface area contributed by atoms with E-state index in [1.54, 1.807) is 26.0 Å². The van der Waals surface area contributed by atoms with Gasteiger partial charge in [0.1, 0.15) is 0 Å². The predicted octanol–water partition coefficient (Wildman–Crippen LogP) is 5.03. The fraction of sp³-hybridized carbons (Fsp3) is 0.286. The van der Waals surface area contributed by atoms with Crippen LogP contribution in [-0.2, 0) is 16.0 Å². The maximum atomic E-state index is 12.2. The first kappa shape index (κ1) is 21.9. The molecule has 1 amide bonds. The van der Waals surface area contributed by atoms with Crippen molar-refractivity contribution in [2.45, 2.75) is 33.1 Å². The van der Waals surface area contributed by atoms with Gasteiger partial charge in [-0.1, -0.05) is 47.5 Å². The van der Waals surface area contributed by atoms with Crippen LogP contribution in [0.1, 0.15) is 48.2 Å². The lowest BCUT2D eigenvalue weighted by Crippen LogP contribution is -2.19. The molecule has 0 atom stereocenters. The number of benzene rings is 2. The summed E-state index contributed by atoms with van der Waals surface area (Å²) < 4.78 is 4.92. The van der Waals surface area contributed by atoms with Crippen LogP contribution in [0.4, 0.5) is 0 Å². The SMILES string of the molecule is CCOC(=O)CCCc1ccc(C(C)=NNC(=O)c2ccc(Cl)cc2Cl)cc1. The lowest BCUT2D eigenvalue weighted by molar-refractivity contribution is -0.143. The Bertz CT molecular complexity index is 864. The third-order valence-corrected chi connectivity index (χ3v) is 4.57. The van der Waals surface area contributed by atoms with Gasteiger partial charge in [-0.2, -0.15) is 5.10 Å². The minimum absolute atomic E-state index is 0.168. The first-order chi connectivity index (χ1) is 13.4. The Morgan fingerprint density at radius 3 is 2.46 bits per heavy atom. The van der Waals surface area contributed by atoms with Gasteiger partial charge >= 0.3 is 5.97 Å². The molecule has 0 aromatic heterocycles. The van der Waals surface area contributed by atoms with Crippen molar-refractivity contribution in [1.29, 1.82) is 0 Å². The average molecular weight is 421 g/mol. The third kappa shape index (κ3) is 6.66. The Morgan fingerprint density at radius 2 is 1.82 bits per heavy atom. The third-order valence-electron chi connectivity index (χ3n) is 4.02. The average Bonchev–Trinajstić information content (AvgIpc) is 2.66. The van der Waals surface area contributed by atoms with E-state index in [2.05, 4.69) is 10.5 Å². The fourth-order valence-electron chi connectivity index (χ4n) is 2.52. The zero-order valence-electron chi connectivity index (χ0n) is 15.8. The number of hydrazone groups is 1. The highest BCUT2D eigenvalue weighted by Gasteiger charge is 2.10. The number of nitrogens with one attached hydrogen (secondary N) is 1. The number of aryl methyl sites for hydroxylation is 1. The Morgan fingerprint density at radius 1 is 1.11 bits per heavy atom. The molecule has 1 N–H and O–H groups in total. The van der Waals surface area contributed by atoms with Gasteiger partial charge in [0, 0.05) is 11.4 Å². The molecular formula is C21H22Cl2N2O3. The van der Waals surface area contributed by atoms with Crippen molar-refractivity contribution in [3.05, 3.63) is 69.2 Å². The van der Waals surface area contributed by atoms with Gasteiger partial charge in [-0.05, 0) is 56.0 Å². The molecule has 0 heterocycles. The summed E-state index contributed by atoms with van der Waals surface area (Å²) in [5, 5.41) is 4.86. The van der Waals surface area contributed by atoms with Crippen molar-refractivity contribution < 1.29 is 14.3 Å². The molecule has 0 fully saturated rings. The lowest BCUT2D eigenvalue weighted by atomic mass is 10.0. The molecule has 0 aliphatic rings. The fourth-order valence-corrected chi connectivity index (χ4v) is 3.01. The van der Waals surface area contributed by atoms with E-state index in [-0.39, 0.29) is 11.0 Å². The molecule has 0 saturated carbocycles. The Kier molecular flexibility index (Phi) is 8.48. The number of hydrogen-bond donors (Lipinski definition) is 1. The number of carbonyl (C=O) groups excluding carboxylic acids is 2. The number of esters is 1. The van der Waals surface area contributed by atoms with E-state index in [4.69, 9.17) is 27.9 Å². The molecule has 2 rings (SSSR count). The molecule has 5 nitrogen and oxygen atoms in total. The van der Waals surface area contributed by atoms with Crippen LogP contribution in [0.3, 0.4) is 0 Å². The minimum atomic E-state index is -0.406. The van der Waals surface area contributed by atoms with E-state index in [0.717, 1.165) is 24.0 Å². The van der Waals surface area contributed by atoms with Crippen LogP contribution in [0.25, 0.3) is 0 Å². The van der Waals surface area contributed by atoms with Gasteiger partial charge in [-0.3, -0.25) is 9.59 Å². The molecule has 0 bridgehead atoms. The highest BCUT2D eigenvalue weighted by molar-refractivity contribution is 6.36. The number of hydrogen-bond acceptors (Lipinski definition) is 4. The summed E-state index contributed by atoms with van der Waals surface area (Å²) in [5.74, 6) is -0.574. The van der Waals surface area contributed by atoms with Crippen molar-refractivity contribution >= 4 is 40.8 Å². The number of nitrogens with zero attached hydrogens (tertiary/aromatic N) is 1. The van der Waals surface area contributed by atoms with Crippen LogP contribution in [0, 0.1) is 0 Å². The molecule has 0 spiro atoms. The molecule has 0 aliphatic carbocycles. The molecule has 7 heteroatoms. The van der Waals surface area contributed by atoms with Crippen LogP contribution < -0.4 is 5.43 Å². The first-order valence-corrected chi connectivity index (χ1v) is 9.71. The first-order valence-electron chi connectivity index (χ1n) is 8.95. The van der Waals surface area contributed by atoms with Crippen molar-refractivity contribution in [3.8, 4) is 0 Å². The number of halogens is 2. The Hall–Kier alpha value is -2.37. The van der Waals surface area contributed by atoms with Crippen LogP contribution in [0.2, 0.25) is 10.0 Å². The zero-order valence-corrected chi connectivity index (χ0v) is 17.3. The summed E-state index contributed by atoms with van der Waals surface area (Å²) in [6.07, 6.45) is 1.94. The molecule has 0 unspecified atom stereocenters. The molecule has 0 radical (unpaired) electrons. The standard InChI is InChI=1S/C21H22Cl2N2O3/c1-3-28-20(26)6-4-5-15-7-9-16(10-8-15)14(2)24-25-21(27)18-12-11-17(22)13-19(18)23/h7-13H,3-6H2,1-2H3,(H,25,27). The number of rotatable bonds is 8. The molecule has 0 aliphatic heterocycles. The van der Waals surface area contributed by atoms with Gasteiger partial charge in [0.05, 0.1) is 22.9 Å². The zero-order chi connectivity index (χ0) is 20.5. The maximum absolute atomic E-state index is 12.2. The van der Waals surface area contributed by atoms with E-state index in [1.807, 2.05) is 24.3 Å². The molecule has 148 valence electrons. The molecule has 2 aromatic rings.